The monoisotopic (exact) mass is 463 g/mol. The third-order valence-corrected chi connectivity index (χ3v) is 7.30. The molecular weight excluding hydrogens is 449 g/mol. The lowest BCUT2D eigenvalue weighted by Crippen LogP contribution is -2.18. The molecule has 2 aromatic heterocycles. The number of sulfonamides is 1. The summed E-state index contributed by atoms with van der Waals surface area (Å²) < 4.78 is 93.2. The maximum Gasteiger partial charge on any atom is 0.419 e. The number of rotatable bonds is 4. The number of fused-ring (bicyclic) bond motifs is 1. The predicted octanol–water partition coefficient (Wildman–Crippen LogP) is 4.84. The number of nitrogens with zero attached hydrogens (tertiary/aromatic N) is 1. The molecule has 0 saturated heterocycles. The molecule has 3 aromatic rings. The number of H-pyrrole nitrogens is 1. The van der Waals surface area contributed by atoms with Crippen LogP contribution in [-0.4, -0.2) is 18.4 Å². The topological polar surface area (TPSA) is 74.8 Å². The molecule has 160 valence electrons. The van der Waals surface area contributed by atoms with E-state index in [1.807, 2.05) is 10.1 Å². The highest BCUT2D eigenvalue weighted by molar-refractivity contribution is 7.92. The Bertz CT molecular complexity index is 1190. The highest BCUT2D eigenvalue weighted by Crippen LogP contribution is 2.37. The van der Waals surface area contributed by atoms with Crippen molar-refractivity contribution in [3.63, 3.8) is 0 Å². The van der Waals surface area contributed by atoms with Crippen molar-refractivity contribution in [2.24, 2.45) is 0 Å². The van der Waals surface area contributed by atoms with E-state index >= 15 is 0 Å². The molecular formula is C18H14F5N3O2S2. The van der Waals surface area contributed by atoms with Crippen LogP contribution in [0.5, 0.6) is 0 Å². The molecule has 1 aromatic carbocycles. The average molecular weight is 463 g/mol. The van der Waals surface area contributed by atoms with Crippen molar-refractivity contribution in [3.8, 4) is 0 Å². The summed E-state index contributed by atoms with van der Waals surface area (Å²) >= 11 is 1.51. The van der Waals surface area contributed by atoms with Crippen LogP contribution in [0.1, 0.15) is 34.2 Å². The Hall–Kier alpha value is -2.47. The van der Waals surface area contributed by atoms with Gasteiger partial charge in [-0.2, -0.15) is 13.2 Å². The van der Waals surface area contributed by atoms with E-state index in [9.17, 15) is 30.4 Å². The Morgan fingerprint density at radius 1 is 1.20 bits per heavy atom. The molecule has 0 fully saturated rings. The van der Waals surface area contributed by atoms with Crippen LogP contribution in [0.25, 0.3) is 0 Å². The Labute approximate surface area is 172 Å². The molecule has 1 unspecified atom stereocenters. The summed E-state index contributed by atoms with van der Waals surface area (Å²) in [6.45, 7) is 0. The first-order valence-corrected chi connectivity index (χ1v) is 11.1. The van der Waals surface area contributed by atoms with Gasteiger partial charge in [0.15, 0.2) is 0 Å². The quantitative estimate of drug-likeness (QED) is 0.544. The molecule has 1 aliphatic rings. The van der Waals surface area contributed by atoms with Gasteiger partial charge in [0.2, 0.25) is 0 Å². The fourth-order valence-corrected chi connectivity index (χ4v) is 5.62. The summed E-state index contributed by atoms with van der Waals surface area (Å²) in [5.74, 6) is -3.16. The zero-order valence-corrected chi connectivity index (χ0v) is 16.7. The van der Waals surface area contributed by atoms with E-state index in [0.29, 0.717) is 30.5 Å². The Morgan fingerprint density at radius 2 is 1.97 bits per heavy atom. The van der Waals surface area contributed by atoms with Gasteiger partial charge in [0.25, 0.3) is 10.0 Å². The highest BCUT2D eigenvalue weighted by atomic mass is 32.2. The lowest BCUT2D eigenvalue weighted by atomic mass is 9.88. The molecule has 0 bridgehead atoms. The maximum absolute atomic E-state index is 14.1. The number of anilines is 1. The standard InChI is InChI=1S/C18H14F5N3O2S2/c19-12-7-15(13(20)6-11(12)18(21,22)23)26-30(27,28)16-8-25-14-5-9(1-2-10(14)16)17-24-3-4-29-17/h3-4,6-9,25-26H,1-2,5H2. The lowest BCUT2D eigenvalue weighted by Gasteiger charge is -2.21. The third kappa shape index (κ3) is 3.81. The van der Waals surface area contributed by atoms with Crippen molar-refractivity contribution in [2.45, 2.75) is 36.3 Å². The molecule has 4 rings (SSSR count). The molecule has 2 heterocycles. The van der Waals surface area contributed by atoms with Gasteiger partial charge in [-0.15, -0.1) is 11.3 Å². The minimum atomic E-state index is -5.10. The number of halogens is 5. The fourth-order valence-electron chi connectivity index (χ4n) is 3.53. The summed E-state index contributed by atoms with van der Waals surface area (Å²) in [6.07, 6.45) is -0.539. The van der Waals surface area contributed by atoms with Crippen molar-refractivity contribution in [1.82, 2.24) is 9.97 Å². The van der Waals surface area contributed by atoms with E-state index in [2.05, 4.69) is 9.97 Å². The fraction of sp³-hybridized carbons (Fsp3) is 0.278. The zero-order chi connectivity index (χ0) is 21.7. The molecule has 30 heavy (non-hydrogen) atoms. The van der Waals surface area contributed by atoms with Gasteiger partial charge in [0, 0.05) is 35.5 Å². The Kier molecular flexibility index (Phi) is 5.09. The molecule has 0 amide bonds. The number of aromatic amines is 1. The largest absolute Gasteiger partial charge is 0.419 e. The number of hydrogen-bond donors (Lipinski definition) is 2. The third-order valence-electron chi connectivity index (χ3n) is 4.93. The van der Waals surface area contributed by atoms with Crippen LogP contribution >= 0.6 is 11.3 Å². The molecule has 0 spiro atoms. The van der Waals surface area contributed by atoms with Crippen LogP contribution in [0, 0.1) is 11.6 Å². The first kappa shape index (κ1) is 20.8. The first-order chi connectivity index (χ1) is 14.1. The van der Waals surface area contributed by atoms with Crippen molar-refractivity contribution in [3.05, 3.63) is 63.4 Å². The van der Waals surface area contributed by atoms with Gasteiger partial charge in [-0.1, -0.05) is 0 Å². The molecule has 12 heteroatoms. The molecule has 2 N–H and O–H groups in total. The first-order valence-electron chi connectivity index (χ1n) is 8.74. The van der Waals surface area contributed by atoms with Gasteiger partial charge in [-0.05, 0) is 30.9 Å². The van der Waals surface area contributed by atoms with E-state index in [1.165, 1.54) is 17.5 Å². The van der Waals surface area contributed by atoms with E-state index in [4.69, 9.17) is 0 Å². The smallest absolute Gasteiger partial charge is 0.363 e. The number of aromatic nitrogens is 2. The number of benzene rings is 1. The number of alkyl halides is 3. The van der Waals surface area contributed by atoms with Crippen LogP contribution in [0.2, 0.25) is 0 Å². The minimum Gasteiger partial charge on any atom is -0.363 e. The second-order valence-electron chi connectivity index (χ2n) is 6.84. The minimum absolute atomic E-state index is 0.0710. The van der Waals surface area contributed by atoms with Gasteiger partial charge in [0.1, 0.15) is 16.5 Å². The highest BCUT2D eigenvalue weighted by Gasteiger charge is 2.36. The van der Waals surface area contributed by atoms with Crippen molar-refractivity contribution < 1.29 is 30.4 Å². The summed E-state index contributed by atoms with van der Waals surface area (Å²) in [4.78, 5) is 7.05. The van der Waals surface area contributed by atoms with E-state index < -0.39 is 39.1 Å². The van der Waals surface area contributed by atoms with E-state index in [1.54, 1.807) is 6.20 Å². The Morgan fingerprint density at radius 3 is 2.63 bits per heavy atom. The maximum atomic E-state index is 14.1. The molecule has 1 atom stereocenters. The van der Waals surface area contributed by atoms with Gasteiger partial charge >= 0.3 is 6.18 Å². The molecule has 5 nitrogen and oxygen atoms in total. The number of thiazole rings is 1. The molecule has 0 radical (unpaired) electrons. The summed E-state index contributed by atoms with van der Waals surface area (Å²) in [6, 6.07) is 0.117. The summed E-state index contributed by atoms with van der Waals surface area (Å²) in [7, 11) is -4.35. The van der Waals surface area contributed by atoms with Crippen molar-refractivity contribution >= 4 is 27.0 Å². The molecule has 0 aliphatic heterocycles. The molecule has 0 saturated carbocycles. The summed E-state index contributed by atoms with van der Waals surface area (Å²) in [5.41, 5.74) is -1.49. The zero-order valence-electron chi connectivity index (χ0n) is 15.1. The second kappa shape index (κ2) is 7.34. The number of hydrogen-bond acceptors (Lipinski definition) is 4. The number of nitrogens with one attached hydrogen (secondary N) is 2. The van der Waals surface area contributed by atoms with Crippen LogP contribution in [0.3, 0.4) is 0 Å². The second-order valence-corrected chi connectivity index (χ2v) is 9.41. The lowest BCUT2D eigenvalue weighted by molar-refractivity contribution is -0.140. The predicted molar refractivity (Wildman–Crippen MR) is 99.8 cm³/mol. The normalized spacial score (nSPS) is 17.0. The van der Waals surface area contributed by atoms with Gasteiger partial charge in [-0.25, -0.2) is 22.2 Å². The summed E-state index contributed by atoms with van der Waals surface area (Å²) in [5, 5.41) is 2.80. The average Bonchev–Trinajstić information content (AvgIpc) is 3.32. The molecule has 1 aliphatic carbocycles. The van der Waals surface area contributed by atoms with Crippen LogP contribution in [0.15, 0.2) is 34.8 Å². The van der Waals surface area contributed by atoms with Crippen LogP contribution in [0.4, 0.5) is 27.6 Å². The van der Waals surface area contributed by atoms with Gasteiger partial charge < -0.3 is 4.98 Å². The van der Waals surface area contributed by atoms with Crippen LogP contribution in [-0.2, 0) is 29.0 Å². The van der Waals surface area contributed by atoms with Gasteiger partial charge in [-0.3, -0.25) is 4.72 Å². The van der Waals surface area contributed by atoms with Crippen LogP contribution < -0.4 is 4.72 Å². The van der Waals surface area contributed by atoms with E-state index in [0.717, 1.165) is 5.01 Å². The Balaban J connectivity index is 1.61. The van der Waals surface area contributed by atoms with Crippen molar-refractivity contribution in [2.75, 3.05) is 4.72 Å². The van der Waals surface area contributed by atoms with Crippen molar-refractivity contribution in [1.29, 1.82) is 0 Å². The van der Waals surface area contributed by atoms with Gasteiger partial charge in [0.05, 0.1) is 16.3 Å². The van der Waals surface area contributed by atoms with E-state index in [-0.39, 0.29) is 22.9 Å². The SMILES string of the molecule is O=S(=O)(Nc1cc(F)c(C(F)(F)F)cc1F)c1c[nH]c2c1CCC(c1nccs1)C2.